The van der Waals surface area contributed by atoms with Gasteiger partial charge in [0.2, 0.25) is 0 Å². The van der Waals surface area contributed by atoms with Gasteiger partial charge in [-0.3, -0.25) is 4.79 Å². The zero-order chi connectivity index (χ0) is 10.8. The average Bonchev–Trinajstić information content (AvgIpc) is 2.20. The molecule has 1 aromatic carbocycles. The van der Waals surface area contributed by atoms with Gasteiger partial charge < -0.3 is 9.47 Å². The Morgan fingerprint density at radius 3 is 2.73 bits per heavy atom. The van der Waals surface area contributed by atoms with Gasteiger partial charge in [-0.25, -0.2) is 0 Å². The third-order valence-electron chi connectivity index (χ3n) is 2.43. The summed E-state index contributed by atoms with van der Waals surface area (Å²) >= 11 is 5.93. The first-order chi connectivity index (χ1) is 7.22. The second kappa shape index (κ2) is 4.21. The van der Waals surface area contributed by atoms with Gasteiger partial charge in [0, 0.05) is 13.5 Å². The molecule has 0 aromatic heterocycles. The predicted octanol–water partition coefficient (Wildman–Crippen LogP) is 2.08. The van der Waals surface area contributed by atoms with Crippen LogP contribution in [0.1, 0.15) is 6.42 Å². The second-order valence-electron chi connectivity index (χ2n) is 3.41. The van der Waals surface area contributed by atoms with Gasteiger partial charge >= 0.3 is 0 Å². The minimum Gasteiger partial charge on any atom is -0.485 e. The van der Waals surface area contributed by atoms with Crippen molar-refractivity contribution in [3.05, 3.63) is 29.3 Å². The molecule has 2 unspecified atom stereocenters. The van der Waals surface area contributed by atoms with Crippen LogP contribution in [0.2, 0.25) is 5.02 Å². The minimum atomic E-state index is -0.443. The number of rotatable bonds is 3. The molecule has 2 rings (SSSR count). The Morgan fingerprint density at radius 1 is 1.40 bits per heavy atom. The van der Waals surface area contributed by atoms with E-state index in [0.717, 1.165) is 0 Å². The third-order valence-corrected chi connectivity index (χ3v) is 2.74. The number of benzene rings is 1. The van der Waals surface area contributed by atoms with E-state index in [2.05, 4.69) is 0 Å². The van der Waals surface area contributed by atoms with E-state index in [4.69, 9.17) is 21.1 Å². The van der Waals surface area contributed by atoms with Crippen LogP contribution in [-0.4, -0.2) is 25.1 Å². The molecule has 0 radical (unpaired) electrons. The molecule has 0 aliphatic heterocycles. The maximum absolute atomic E-state index is 11.1. The maximum atomic E-state index is 11.1. The molecule has 15 heavy (non-hydrogen) atoms. The molecule has 0 heterocycles. The van der Waals surface area contributed by atoms with Gasteiger partial charge in [-0.05, 0) is 12.1 Å². The molecule has 80 valence electrons. The SMILES string of the molecule is COC1C(=O)CC1Oc1ccccc1Cl. The van der Waals surface area contributed by atoms with Gasteiger partial charge in [-0.15, -0.1) is 0 Å². The van der Waals surface area contributed by atoms with Gasteiger partial charge in [0.15, 0.2) is 11.9 Å². The van der Waals surface area contributed by atoms with E-state index in [9.17, 15) is 4.79 Å². The van der Waals surface area contributed by atoms with Crippen LogP contribution in [0.3, 0.4) is 0 Å². The summed E-state index contributed by atoms with van der Waals surface area (Å²) in [6, 6.07) is 7.19. The molecule has 4 heteroatoms. The Labute approximate surface area is 92.9 Å². The lowest BCUT2D eigenvalue weighted by molar-refractivity contribution is -0.150. The Hall–Kier alpha value is -1.06. The number of Topliss-reactive ketones (excluding diaryl/α,β-unsaturated/α-hetero) is 1. The van der Waals surface area contributed by atoms with Crippen molar-refractivity contribution >= 4 is 17.4 Å². The highest BCUT2D eigenvalue weighted by Gasteiger charge is 2.42. The number of carbonyl (C=O) groups excluding carboxylic acids is 1. The van der Waals surface area contributed by atoms with Crippen LogP contribution in [0.4, 0.5) is 0 Å². The van der Waals surface area contributed by atoms with Gasteiger partial charge in [0.25, 0.3) is 0 Å². The van der Waals surface area contributed by atoms with Crippen molar-refractivity contribution in [1.29, 1.82) is 0 Å². The van der Waals surface area contributed by atoms with E-state index < -0.39 is 6.10 Å². The number of para-hydroxylation sites is 1. The van der Waals surface area contributed by atoms with Crippen LogP contribution in [0.5, 0.6) is 5.75 Å². The molecular weight excluding hydrogens is 216 g/mol. The number of hydrogen-bond acceptors (Lipinski definition) is 3. The number of carbonyl (C=O) groups is 1. The Kier molecular flexibility index (Phi) is 2.93. The molecule has 0 saturated heterocycles. The lowest BCUT2D eigenvalue weighted by Gasteiger charge is -2.33. The molecule has 0 N–H and O–H groups in total. The average molecular weight is 227 g/mol. The summed E-state index contributed by atoms with van der Waals surface area (Å²) in [6.07, 6.45) is -0.257. The highest BCUT2D eigenvalue weighted by molar-refractivity contribution is 6.32. The fraction of sp³-hybridized carbons (Fsp3) is 0.364. The topological polar surface area (TPSA) is 35.5 Å². The summed E-state index contributed by atoms with van der Waals surface area (Å²) in [7, 11) is 1.50. The molecular formula is C11H11ClO3. The zero-order valence-electron chi connectivity index (χ0n) is 8.27. The first-order valence-corrected chi connectivity index (χ1v) is 5.07. The van der Waals surface area contributed by atoms with Gasteiger partial charge in [-0.2, -0.15) is 0 Å². The van der Waals surface area contributed by atoms with Crippen molar-refractivity contribution in [2.75, 3.05) is 7.11 Å². The summed E-state index contributed by atoms with van der Waals surface area (Å²) in [4.78, 5) is 11.1. The van der Waals surface area contributed by atoms with Crippen LogP contribution >= 0.6 is 11.6 Å². The van der Waals surface area contributed by atoms with Crippen LogP contribution < -0.4 is 4.74 Å². The van der Waals surface area contributed by atoms with Crippen LogP contribution in [0.15, 0.2) is 24.3 Å². The fourth-order valence-electron chi connectivity index (χ4n) is 1.56. The summed E-state index contributed by atoms with van der Waals surface area (Å²) < 4.78 is 10.6. The summed E-state index contributed by atoms with van der Waals surface area (Å²) in [5, 5.41) is 0.548. The molecule has 2 atom stereocenters. The number of methoxy groups -OCH3 is 1. The molecule has 0 bridgehead atoms. The fourth-order valence-corrected chi connectivity index (χ4v) is 1.74. The van der Waals surface area contributed by atoms with E-state index in [-0.39, 0.29) is 11.9 Å². The Morgan fingerprint density at radius 2 is 2.13 bits per heavy atom. The zero-order valence-corrected chi connectivity index (χ0v) is 9.03. The van der Waals surface area contributed by atoms with Crippen molar-refractivity contribution < 1.29 is 14.3 Å². The maximum Gasteiger partial charge on any atom is 0.169 e. The standard InChI is InChI=1S/C11H11ClO3/c1-14-11-8(13)6-10(11)15-9-5-3-2-4-7(9)12/h2-5,10-11H,6H2,1H3. The van der Waals surface area contributed by atoms with Crippen molar-refractivity contribution in [3.8, 4) is 5.75 Å². The number of hydrogen-bond donors (Lipinski definition) is 0. The lowest BCUT2D eigenvalue weighted by Crippen LogP contribution is -2.51. The highest BCUT2D eigenvalue weighted by Crippen LogP contribution is 2.29. The molecule has 0 spiro atoms. The van der Waals surface area contributed by atoms with E-state index >= 15 is 0 Å². The molecule has 3 nitrogen and oxygen atoms in total. The van der Waals surface area contributed by atoms with E-state index in [1.807, 2.05) is 12.1 Å². The smallest absolute Gasteiger partial charge is 0.169 e. The van der Waals surface area contributed by atoms with Crippen molar-refractivity contribution in [1.82, 2.24) is 0 Å². The van der Waals surface area contributed by atoms with E-state index in [0.29, 0.717) is 17.2 Å². The summed E-state index contributed by atoms with van der Waals surface area (Å²) in [5.41, 5.74) is 0. The third kappa shape index (κ3) is 1.98. The number of ketones is 1. The number of halogens is 1. The molecule has 0 amide bonds. The first kappa shape index (κ1) is 10.5. The normalized spacial score (nSPS) is 24.8. The monoisotopic (exact) mass is 226 g/mol. The first-order valence-electron chi connectivity index (χ1n) is 4.69. The van der Waals surface area contributed by atoms with Crippen LogP contribution in [0, 0.1) is 0 Å². The molecule has 1 aliphatic rings. The second-order valence-corrected chi connectivity index (χ2v) is 3.82. The summed E-state index contributed by atoms with van der Waals surface area (Å²) in [6.45, 7) is 0. The highest BCUT2D eigenvalue weighted by atomic mass is 35.5. The van der Waals surface area contributed by atoms with Gasteiger partial charge in [0.1, 0.15) is 11.9 Å². The molecule has 1 aliphatic carbocycles. The minimum absolute atomic E-state index is 0.0783. The van der Waals surface area contributed by atoms with Gasteiger partial charge in [0.05, 0.1) is 5.02 Å². The predicted molar refractivity (Wildman–Crippen MR) is 56.3 cm³/mol. The van der Waals surface area contributed by atoms with Crippen molar-refractivity contribution in [2.24, 2.45) is 0 Å². The van der Waals surface area contributed by atoms with E-state index in [1.54, 1.807) is 12.1 Å². The molecule has 1 fully saturated rings. The Bertz CT molecular complexity index is 378. The van der Waals surface area contributed by atoms with Crippen molar-refractivity contribution in [2.45, 2.75) is 18.6 Å². The number of ether oxygens (including phenoxy) is 2. The largest absolute Gasteiger partial charge is 0.485 e. The van der Waals surface area contributed by atoms with Crippen LogP contribution in [-0.2, 0) is 9.53 Å². The summed E-state index contributed by atoms with van der Waals surface area (Å²) in [5.74, 6) is 0.674. The molecule has 1 saturated carbocycles. The quantitative estimate of drug-likeness (QED) is 0.792. The van der Waals surface area contributed by atoms with Crippen LogP contribution in [0.25, 0.3) is 0 Å². The molecule has 1 aromatic rings. The van der Waals surface area contributed by atoms with E-state index in [1.165, 1.54) is 7.11 Å². The Balaban J connectivity index is 2.04. The van der Waals surface area contributed by atoms with Gasteiger partial charge in [-0.1, -0.05) is 23.7 Å². The van der Waals surface area contributed by atoms with Crippen molar-refractivity contribution in [3.63, 3.8) is 0 Å². The lowest BCUT2D eigenvalue weighted by atomic mass is 9.90.